The third-order valence-corrected chi connectivity index (χ3v) is 2.23. The average Bonchev–Trinajstić information content (AvgIpc) is 2.81. The molecule has 0 amide bonds. The van der Waals surface area contributed by atoms with Gasteiger partial charge in [-0.3, -0.25) is 0 Å². The van der Waals surface area contributed by atoms with Crippen molar-refractivity contribution in [3.63, 3.8) is 0 Å². The number of allylic oxidation sites excluding steroid dienone is 1. The van der Waals surface area contributed by atoms with E-state index in [1.807, 2.05) is 19.9 Å². The lowest BCUT2D eigenvalue weighted by molar-refractivity contribution is -0.135. The quantitative estimate of drug-likeness (QED) is 0.455. The van der Waals surface area contributed by atoms with Crippen LogP contribution < -0.4 is 0 Å². The van der Waals surface area contributed by atoms with Crippen molar-refractivity contribution >= 4 is 11.5 Å². The highest BCUT2D eigenvalue weighted by atomic mass is 16.5. The highest BCUT2D eigenvalue weighted by Crippen LogP contribution is 2.26. The van der Waals surface area contributed by atoms with E-state index < -0.39 is 5.97 Å². The fourth-order valence-electron chi connectivity index (χ4n) is 1.52. The molecule has 0 radical (unpaired) electrons. The Hall–Kier alpha value is -2.02. The van der Waals surface area contributed by atoms with Gasteiger partial charge in [0, 0.05) is 5.57 Å². The fourth-order valence-corrected chi connectivity index (χ4v) is 1.52. The Morgan fingerprint density at radius 1 is 1.59 bits per heavy atom. The highest BCUT2D eigenvalue weighted by molar-refractivity contribution is 6.01. The van der Waals surface area contributed by atoms with Crippen molar-refractivity contribution < 1.29 is 13.9 Å². The van der Waals surface area contributed by atoms with Gasteiger partial charge < -0.3 is 9.15 Å². The predicted octanol–water partition coefficient (Wildman–Crippen LogP) is 2.78. The van der Waals surface area contributed by atoms with Gasteiger partial charge in [-0.1, -0.05) is 13.8 Å². The van der Waals surface area contributed by atoms with Gasteiger partial charge in [0.1, 0.15) is 17.4 Å². The molecule has 1 heterocycles. The zero-order valence-corrected chi connectivity index (χ0v) is 10.2. The molecule has 0 saturated heterocycles. The molecule has 0 N–H and O–H groups in total. The summed E-state index contributed by atoms with van der Waals surface area (Å²) in [4.78, 5) is 11.5. The monoisotopic (exact) mass is 233 g/mol. The largest absolute Gasteiger partial charge is 0.465 e. The molecule has 0 aliphatic carbocycles. The third kappa shape index (κ3) is 3.22. The lowest BCUT2D eigenvalue weighted by Crippen LogP contribution is -2.07. The highest BCUT2D eigenvalue weighted by Gasteiger charge is 2.19. The van der Waals surface area contributed by atoms with E-state index in [1.54, 1.807) is 12.1 Å². The molecule has 0 fully saturated rings. The Kier molecular flexibility index (Phi) is 4.53. The summed E-state index contributed by atoms with van der Waals surface area (Å²) in [6, 6.07) is 5.35. The minimum absolute atomic E-state index is 0.0103. The Bertz CT molecular complexity index is 450. The van der Waals surface area contributed by atoms with E-state index in [-0.39, 0.29) is 5.57 Å². The van der Waals surface area contributed by atoms with Crippen molar-refractivity contribution in [2.24, 2.45) is 5.92 Å². The summed E-state index contributed by atoms with van der Waals surface area (Å²) in [5.74, 6) is 0.225. The number of nitrogens with zero attached hydrogens (tertiary/aromatic N) is 1. The van der Waals surface area contributed by atoms with Gasteiger partial charge in [0.25, 0.3) is 0 Å². The zero-order valence-electron chi connectivity index (χ0n) is 10.2. The first-order chi connectivity index (χ1) is 8.10. The van der Waals surface area contributed by atoms with Crippen LogP contribution in [-0.4, -0.2) is 13.1 Å². The van der Waals surface area contributed by atoms with Crippen LogP contribution in [0.25, 0.3) is 5.57 Å². The smallest absolute Gasteiger partial charge is 0.349 e. The number of esters is 1. The Balaban J connectivity index is 3.25. The van der Waals surface area contributed by atoms with Gasteiger partial charge in [-0.25, -0.2) is 4.79 Å². The van der Waals surface area contributed by atoms with E-state index in [0.717, 1.165) is 0 Å². The van der Waals surface area contributed by atoms with Crippen LogP contribution in [-0.2, 0) is 9.53 Å². The second kappa shape index (κ2) is 5.90. The summed E-state index contributed by atoms with van der Waals surface area (Å²) >= 11 is 0. The molecular formula is C13H15NO3. The van der Waals surface area contributed by atoms with Crippen molar-refractivity contribution in [3.8, 4) is 6.07 Å². The molecule has 4 nitrogen and oxygen atoms in total. The maximum absolute atomic E-state index is 11.5. The van der Waals surface area contributed by atoms with Gasteiger partial charge in [0.2, 0.25) is 0 Å². The minimum Gasteiger partial charge on any atom is -0.465 e. The summed E-state index contributed by atoms with van der Waals surface area (Å²) in [6.45, 7) is 4.02. The van der Waals surface area contributed by atoms with Gasteiger partial charge in [-0.2, -0.15) is 5.26 Å². The first-order valence-electron chi connectivity index (χ1n) is 5.35. The van der Waals surface area contributed by atoms with Gasteiger partial charge in [0.15, 0.2) is 0 Å². The minimum atomic E-state index is -0.625. The predicted molar refractivity (Wildman–Crippen MR) is 62.7 cm³/mol. The number of methoxy groups -OCH3 is 1. The first-order valence-corrected chi connectivity index (χ1v) is 5.35. The van der Waals surface area contributed by atoms with Crippen LogP contribution in [0.1, 0.15) is 26.0 Å². The number of hydrogen-bond acceptors (Lipinski definition) is 4. The van der Waals surface area contributed by atoms with E-state index >= 15 is 0 Å². The lowest BCUT2D eigenvalue weighted by Gasteiger charge is -2.09. The summed E-state index contributed by atoms with van der Waals surface area (Å²) in [5, 5.41) is 9.06. The van der Waals surface area contributed by atoms with Gasteiger partial charge >= 0.3 is 5.97 Å². The standard InChI is InChI=1S/C13H15NO3/c1-9(2)7-10(12-5-4-6-17-12)11(8-14)13(15)16-3/h4-6,9H,7H2,1-3H3/b11-10+. The van der Waals surface area contributed by atoms with E-state index in [4.69, 9.17) is 9.68 Å². The molecule has 0 aliphatic heterocycles. The van der Waals surface area contributed by atoms with Gasteiger partial charge in [-0.15, -0.1) is 0 Å². The normalized spacial score (nSPS) is 11.9. The SMILES string of the molecule is COC(=O)/C(C#N)=C(\CC(C)C)c1ccco1. The topological polar surface area (TPSA) is 63.2 Å². The molecule has 90 valence electrons. The average molecular weight is 233 g/mol. The van der Waals surface area contributed by atoms with E-state index in [2.05, 4.69) is 4.74 Å². The van der Waals surface area contributed by atoms with Crippen molar-refractivity contribution in [2.45, 2.75) is 20.3 Å². The van der Waals surface area contributed by atoms with Crippen molar-refractivity contribution in [1.29, 1.82) is 5.26 Å². The van der Waals surface area contributed by atoms with Gasteiger partial charge in [0.05, 0.1) is 13.4 Å². The van der Waals surface area contributed by atoms with E-state index in [9.17, 15) is 4.79 Å². The Labute approximate surface area is 100 Å². The molecule has 0 saturated carbocycles. The molecule has 1 aromatic rings. The maximum Gasteiger partial charge on any atom is 0.349 e. The molecule has 0 spiro atoms. The fraction of sp³-hybridized carbons (Fsp3) is 0.385. The van der Waals surface area contributed by atoms with E-state index in [0.29, 0.717) is 23.7 Å². The summed E-state index contributed by atoms with van der Waals surface area (Å²) in [6.07, 6.45) is 2.10. The molecule has 1 aromatic heterocycles. The molecular weight excluding hydrogens is 218 g/mol. The Morgan fingerprint density at radius 3 is 2.71 bits per heavy atom. The molecule has 0 atom stereocenters. The molecule has 1 rings (SSSR count). The number of furan rings is 1. The number of carbonyl (C=O) groups is 1. The molecule has 0 unspecified atom stereocenters. The zero-order chi connectivity index (χ0) is 12.8. The maximum atomic E-state index is 11.5. The summed E-state index contributed by atoms with van der Waals surface area (Å²) in [7, 11) is 1.26. The number of nitriles is 1. The number of ether oxygens (including phenoxy) is 1. The Morgan fingerprint density at radius 2 is 2.29 bits per heavy atom. The third-order valence-electron chi connectivity index (χ3n) is 2.23. The molecule has 17 heavy (non-hydrogen) atoms. The second-order valence-electron chi connectivity index (χ2n) is 4.03. The van der Waals surface area contributed by atoms with Crippen LogP contribution in [0.5, 0.6) is 0 Å². The van der Waals surface area contributed by atoms with Crippen molar-refractivity contribution in [1.82, 2.24) is 0 Å². The number of rotatable bonds is 4. The van der Waals surface area contributed by atoms with Crippen LogP contribution in [0, 0.1) is 17.2 Å². The second-order valence-corrected chi connectivity index (χ2v) is 4.03. The van der Waals surface area contributed by atoms with Crippen molar-refractivity contribution in [3.05, 3.63) is 29.7 Å². The first kappa shape index (κ1) is 13.0. The summed E-state index contributed by atoms with van der Waals surface area (Å²) in [5.41, 5.74) is 0.607. The van der Waals surface area contributed by atoms with Crippen LogP contribution in [0.15, 0.2) is 28.4 Å². The van der Waals surface area contributed by atoms with Crippen LogP contribution in [0.3, 0.4) is 0 Å². The molecule has 0 aromatic carbocycles. The van der Waals surface area contributed by atoms with Crippen molar-refractivity contribution in [2.75, 3.05) is 7.11 Å². The lowest BCUT2D eigenvalue weighted by atomic mass is 9.96. The van der Waals surface area contributed by atoms with Crippen LogP contribution in [0.4, 0.5) is 0 Å². The number of hydrogen-bond donors (Lipinski definition) is 0. The van der Waals surface area contributed by atoms with Crippen LogP contribution >= 0.6 is 0 Å². The van der Waals surface area contributed by atoms with Crippen LogP contribution in [0.2, 0.25) is 0 Å². The molecule has 0 bridgehead atoms. The van der Waals surface area contributed by atoms with E-state index in [1.165, 1.54) is 13.4 Å². The summed E-state index contributed by atoms with van der Waals surface area (Å²) < 4.78 is 9.86. The molecule has 0 aliphatic rings. The van der Waals surface area contributed by atoms with Gasteiger partial charge in [-0.05, 0) is 24.5 Å². The molecule has 4 heteroatoms. The number of carbonyl (C=O) groups excluding carboxylic acids is 1.